The molecule has 2 aliphatic rings. The summed E-state index contributed by atoms with van der Waals surface area (Å²) in [6.07, 6.45) is 11.5. The molecule has 0 amide bonds. The van der Waals surface area contributed by atoms with Gasteiger partial charge in [0.15, 0.2) is 0 Å². The molecule has 2 heterocycles. The van der Waals surface area contributed by atoms with Gasteiger partial charge in [0.1, 0.15) is 5.82 Å². The van der Waals surface area contributed by atoms with Crippen LogP contribution in [0.1, 0.15) is 41.9 Å². The smallest absolute Gasteiger partial charge is 0.125 e. The molecule has 124 valence electrons. The van der Waals surface area contributed by atoms with Crippen molar-refractivity contribution in [2.45, 2.75) is 38.0 Å². The van der Waals surface area contributed by atoms with E-state index >= 15 is 0 Å². The number of likely N-dealkylation sites (tertiary alicyclic amines) is 1. The maximum Gasteiger partial charge on any atom is 0.125 e. The summed E-state index contributed by atoms with van der Waals surface area (Å²) in [7, 11) is 0. The Morgan fingerprint density at radius 1 is 1.21 bits per heavy atom. The summed E-state index contributed by atoms with van der Waals surface area (Å²) in [6.45, 7) is 5.36. The number of aromatic nitrogens is 2. The van der Waals surface area contributed by atoms with Crippen LogP contribution in [0.4, 0.5) is 0 Å². The molecule has 1 unspecified atom stereocenters. The van der Waals surface area contributed by atoms with E-state index in [9.17, 15) is 0 Å². The van der Waals surface area contributed by atoms with E-state index in [2.05, 4.69) is 58.6 Å². The second kappa shape index (κ2) is 6.48. The van der Waals surface area contributed by atoms with Crippen LogP contribution in [-0.2, 0) is 11.8 Å². The maximum absolute atomic E-state index is 4.84. The number of piperidine rings is 1. The fourth-order valence-corrected chi connectivity index (χ4v) is 4.31. The van der Waals surface area contributed by atoms with E-state index in [-0.39, 0.29) is 5.41 Å². The summed E-state index contributed by atoms with van der Waals surface area (Å²) < 4.78 is 0. The van der Waals surface area contributed by atoms with Crippen molar-refractivity contribution in [3.05, 3.63) is 65.2 Å². The van der Waals surface area contributed by atoms with Gasteiger partial charge in [-0.2, -0.15) is 0 Å². The Labute approximate surface area is 144 Å². The number of fused-ring (bicyclic) bond motifs is 2. The Morgan fingerprint density at radius 2 is 2.08 bits per heavy atom. The van der Waals surface area contributed by atoms with Gasteiger partial charge in [-0.3, -0.25) is 4.90 Å². The van der Waals surface area contributed by atoms with E-state index in [1.165, 1.54) is 42.6 Å². The average Bonchev–Trinajstić information content (AvgIpc) is 2.94. The SMILES string of the molecule is Cc1ncc2c(n1)C1(CCCN(C/C=C/c3ccccc3)C1)CC2. The molecule has 0 bridgehead atoms. The summed E-state index contributed by atoms with van der Waals surface area (Å²) in [5, 5.41) is 0. The minimum Gasteiger partial charge on any atom is -0.299 e. The molecule has 3 heteroatoms. The van der Waals surface area contributed by atoms with Crippen molar-refractivity contribution in [3.8, 4) is 0 Å². The summed E-state index contributed by atoms with van der Waals surface area (Å²) in [6, 6.07) is 10.6. The number of rotatable bonds is 3. The van der Waals surface area contributed by atoms with E-state index in [1.807, 2.05) is 6.92 Å². The number of nitrogens with zero attached hydrogens (tertiary/aromatic N) is 3. The second-order valence-electron chi connectivity index (χ2n) is 7.22. The fourth-order valence-electron chi connectivity index (χ4n) is 4.31. The highest BCUT2D eigenvalue weighted by Gasteiger charge is 2.43. The van der Waals surface area contributed by atoms with Crippen molar-refractivity contribution in [2.24, 2.45) is 0 Å². The molecule has 1 spiro atoms. The van der Waals surface area contributed by atoms with Gasteiger partial charge in [-0.15, -0.1) is 0 Å². The van der Waals surface area contributed by atoms with Crippen LogP contribution in [0.5, 0.6) is 0 Å². The largest absolute Gasteiger partial charge is 0.299 e. The zero-order valence-corrected chi connectivity index (χ0v) is 14.4. The minimum atomic E-state index is 0.266. The highest BCUT2D eigenvalue weighted by Crippen LogP contribution is 2.43. The molecule has 0 radical (unpaired) electrons. The molecule has 3 nitrogen and oxygen atoms in total. The number of hydrogen-bond acceptors (Lipinski definition) is 3. The van der Waals surface area contributed by atoms with Crippen molar-refractivity contribution < 1.29 is 0 Å². The van der Waals surface area contributed by atoms with Gasteiger partial charge in [0.05, 0.1) is 5.69 Å². The molecule has 1 aliphatic heterocycles. The first kappa shape index (κ1) is 15.5. The van der Waals surface area contributed by atoms with Gasteiger partial charge in [0.2, 0.25) is 0 Å². The maximum atomic E-state index is 4.84. The first-order valence-electron chi connectivity index (χ1n) is 9.02. The minimum absolute atomic E-state index is 0.266. The molecule has 2 aromatic rings. The monoisotopic (exact) mass is 319 g/mol. The van der Waals surface area contributed by atoms with Crippen LogP contribution in [-0.4, -0.2) is 34.5 Å². The fraction of sp³-hybridized carbons (Fsp3) is 0.429. The van der Waals surface area contributed by atoms with Gasteiger partial charge in [0, 0.05) is 24.7 Å². The third kappa shape index (κ3) is 3.01. The molecular weight excluding hydrogens is 294 g/mol. The van der Waals surface area contributed by atoms with Crippen LogP contribution >= 0.6 is 0 Å². The standard InChI is InChI=1S/C21H25N3/c1-17-22-15-19-10-12-21(20(19)23-17)11-6-14-24(16-21)13-5-9-18-7-3-2-4-8-18/h2-5,7-9,15H,6,10-14,16H2,1H3/b9-5+. The predicted molar refractivity (Wildman–Crippen MR) is 97.9 cm³/mol. The van der Waals surface area contributed by atoms with Gasteiger partial charge < -0.3 is 0 Å². The Kier molecular flexibility index (Phi) is 4.19. The van der Waals surface area contributed by atoms with E-state index in [4.69, 9.17) is 4.98 Å². The molecule has 1 aliphatic carbocycles. The van der Waals surface area contributed by atoms with Crippen LogP contribution in [0, 0.1) is 6.92 Å². The van der Waals surface area contributed by atoms with Crippen molar-refractivity contribution in [1.29, 1.82) is 0 Å². The topological polar surface area (TPSA) is 29.0 Å². The lowest BCUT2D eigenvalue weighted by molar-refractivity contribution is 0.156. The van der Waals surface area contributed by atoms with E-state index in [1.54, 1.807) is 0 Å². The number of benzene rings is 1. The van der Waals surface area contributed by atoms with Crippen molar-refractivity contribution in [3.63, 3.8) is 0 Å². The second-order valence-corrected chi connectivity index (χ2v) is 7.22. The lowest BCUT2D eigenvalue weighted by Gasteiger charge is -2.40. The van der Waals surface area contributed by atoms with Gasteiger partial charge >= 0.3 is 0 Å². The van der Waals surface area contributed by atoms with Crippen molar-refractivity contribution in [2.75, 3.05) is 19.6 Å². The average molecular weight is 319 g/mol. The molecule has 1 aromatic carbocycles. The number of hydrogen-bond donors (Lipinski definition) is 0. The van der Waals surface area contributed by atoms with Gasteiger partial charge in [-0.1, -0.05) is 42.5 Å². The molecule has 1 aromatic heterocycles. The molecule has 0 saturated carbocycles. The lowest BCUT2D eigenvalue weighted by atomic mass is 9.77. The molecule has 0 N–H and O–H groups in total. The van der Waals surface area contributed by atoms with E-state index in [0.717, 1.165) is 25.3 Å². The first-order valence-corrected chi connectivity index (χ1v) is 9.02. The highest BCUT2D eigenvalue weighted by atomic mass is 15.1. The van der Waals surface area contributed by atoms with E-state index in [0.29, 0.717) is 0 Å². The zero-order valence-electron chi connectivity index (χ0n) is 14.4. The van der Waals surface area contributed by atoms with Gasteiger partial charge in [0.25, 0.3) is 0 Å². The Balaban J connectivity index is 1.47. The molecule has 1 fully saturated rings. The molecule has 4 rings (SSSR count). The van der Waals surface area contributed by atoms with Crippen LogP contribution in [0.15, 0.2) is 42.6 Å². The number of aryl methyl sites for hydroxylation is 2. The third-order valence-electron chi connectivity index (χ3n) is 5.49. The summed E-state index contributed by atoms with van der Waals surface area (Å²) >= 11 is 0. The van der Waals surface area contributed by atoms with Crippen LogP contribution in [0.25, 0.3) is 6.08 Å². The van der Waals surface area contributed by atoms with E-state index < -0.39 is 0 Å². The highest BCUT2D eigenvalue weighted by molar-refractivity contribution is 5.48. The van der Waals surface area contributed by atoms with Gasteiger partial charge in [-0.25, -0.2) is 9.97 Å². The van der Waals surface area contributed by atoms with Crippen LogP contribution in [0.3, 0.4) is 0 Å². The van der Waals surface area contributed by atoms with Crippen LogP contribution in [0.2, 0.25) is 0 Å². The molecule has 24 heavy (non-hydrogen) atoms. The Morgan fingerprint density at radius 3 is 2.96 bits per heavy atom. The normalized spacial score (nSPS) is 23.9. The summed E-state index contributed by atoms with van der Waals surface area (Å²) in [5.41, 5.74) is 4.26. The van der Waals surface area contributed by atoms with Gasteiger partial charge in [-0.05, 0) is 50.3 Å². The lowest BCUT2D eigenvalue weighted by Crippen LogP contribution is -2.45. The van der Waals surface area contributed by atoms with Crippen LogP contribution < -0.4 is 0 Å². The first-order chi connectivity index (χ1) is 11.8. The molecule has 1 saturated heterocycles. The molecular formula is C21H25N3. The Hall–Kier alpha value is -2.00. The summed E-state index contributed by atoms with van der Waals surface area (Å²) in [4.78, 5) is 11.8. The zero-order chi connectivity index (χ0) is 16.4. The molecule has 1 atom stereocenters. The van der Waals surface area contributed by atoms with Crippen molar-refractivity contribution in [1.82, 2.24) is 14.9 Å². The van der Waals surface area contributed by atoms with Crippen molar-refractivity contribution >= 4 is 6.08 Å². The Bertz CT molecular complexity index is 734. The predicted octanol–water partition coefficient (Wildman–Crippen LogP) is 3.78. The summed E-state index contributed by atoms with van der Waals surface area (Å²) in [5.74, 6) is 0.913. The third-order valence-corrected chi connectivity index (χ3v) is 5.49. The quantitative estimate of drug-likeness (QED) is 0.862.